The van der Waals surface area contributed by atoms with Crippen LogP contribution in [-0.2, 0) is 0 Å². The van der Waals surface area contributed by atoms with E-state index in [2.05, 4.69) is 34.4 Å². The van der Waals surface area contributed by atoms with E-state index >= 15 is 0 Å². The van der Waals surface area contributed by atoms with Crippen molar-refractivity contribution in [3.05, 3.63) is 6.66 Å². The quantitative estimate of drug-likeness (QED) is 0.550. The lowest BCUT2D eigenvalue weighted by Gasteiger charge is -2.16. The normalized spacial score (nSPS) is 12.0. The summed E-state index contributed by atoms with van der Waals surface area (Å²) in [5.74, 6) is 1.67. The molecule has 0 bridgehead atoms. The van der Waals surface area contributed by atoms with Crippen LogP contribution < -0.4 is 0 Å². The fraction of sp³-hybridized carbons (Fsp3) is 0.889. The van der Waals surface area contributed by atoms with Crippen LogP contribution in [0, 0.1) is 18.5 Å². The molecule has 0 aromatic rings. The van der Waals surface area contributed by atoms with E-state index in [1.165, 1.54) is 12.3 Å². The van der Waals surface area contributed by atoms with Crippen LogP contribution >= 0.6 is 7.92 Å². The van der Waals surface area contributed by atoms with Crippen molar-refractivity contribution in [3.63, 3.8) is 0 Å². The van der Waals surface area contributed by atoms with E-state index in [9.17, 15) is 0 Å². The van der Waals surface area contributed by atoms with E-state index in [0.29, 0.717) is 0 Å². The standard InChI is InChI=1S/C9H20P/c1-8(2)6-10(5)7-9(3)4/h8-9H,5-7H2,1-4H3. The monoisotopic (exact) mass is 159 g/mol. The highest BCUT2D eigenvalue weighted by Crippen LogP contribution is 2.37. The molecule has 1 radical (unpaired) electrons. The molecular formula is C9H20P. The Hall–Kier alpha value is 0.430. The molecule has 0 amide bonds. The summed E-state index contributed by atoms with van der Waals surface area (Å²) < 4.78 is 0. The molecule has 0 fully saturated rings. The Morgan fingerprint density at radius 3 is 1.50 bits per heavy atom. The van der Waals surface area contributed by atoms with Gasteiger partial charge in [0.25, 0.3) is 0 Å². The van der Waals surface area contributed by atoms with Crippen molar-refractivity contribution in [3.8, 4) is 0 Å². The zero-order valence-corrected chi connectivity index (χ0v) is 8.62. The molecule has 0 heterocycles. The van der Waals surface area contributed by atoms with Gasteiger partial charge in [-0.3, -0.25) is 0 Å². The lowest BCUT2D eigenvalue weighted by Crippen LogP contribution is -1.99. The van der Waals surface area contributed by atoms with Gasteiger partial charge in [0.05, 0.1) is 0 Å². The van der Waals surface area contributed by atoms with Gasteiger partial charge in [0.1, 0.15) is 0 Å². The summed E-state index contributed by atoms with van der Waals surface area (Å²) in [6.45, 7) is 13.3. The lowest BCUT2D eigenvalue weighted by atomic mass is 10.3. The molecule has 0 aliphatic heterocycles. The average Bonchev–Trinajstić information content (AvgIpc) is 1.58. The topological polar surface area (TPSA) is 0 Å². The van der Waals surface area contributed by atoms with E-state index < -0.39 is 0 Å². The largest absolute Gasteiger partial charge is 0.106 e. The molecule has 0 nitrogen and oxygen atoms in total. The van der Waals surface area contributed by atoms with Crippen LogP contribution in [0.4, 0.5) is 0 Å². The maximum atomic E-state index is 4.18. The van der Waals surface area contributed by atoms with Crippen LogP contribution in [0.1, 0.15) is 27.7 Å². The summed E-state index contributed by atoms with van der Waals surface area (Å²) in [6, 6.07) is 0. The second-order valence-corrected chi connectivity index (χ2v) is 5.90. The van der Waals surface area contributed by atoms with Crippen molar-refractivity contribution in [1.82, 2.24) is 0 Å². The Morgan fingerprint density at radius 2 is 1.30 bits per heavy atom. The van der Waals surface area contributed by atoms with Crippen molar-refractivity contribution in [1.29, 1.82) is 0 Å². The summed E-state index contributed by atoms with van der Waals surface area (Å²) in [5.41, 5.74) is 0. The van der Waals surface area contributed by atoms with Crippen molar-refractivity contribution >= 4 is 7.92 Å². The maximum Gasteiger partial charge on any atom is -0.0286 e. The molecule has 0 spiro atoms. The molecule has 0 saturated carbocycles. The van der Waals surface area contributed by atoms with Gasteiger partial charge in [-0.2, -0.15) is 0 Å². The van der Waals surface area contributed by atoms with Crippen molar-refractivity contribution in [2.75, 3.05) is 12.3 Å². The second-order valence-electron chi connectivity index (χ2n) is 3.82. The van der Waals surface area contributed by atoms with Gasteiger partial charge in [0.15, 0.2) is 0 Å². The zero-order valence-electron chi connectivity index (χ0n) is 7.72. The average molecular weight is 159 g/mol. The van der Waals surface area contributed by atoms with Crippen LogP contribution in [0.15, 0.2) is 0 Å². The first-order valence-corrected chi connectivity index (χ1v) is 5.97. The fourth-order valence-corrected chi connectivity index (χ4v) is 3.32. The van der Waals surface area contributed by atoms with Gasteiger partial charge < -0.3 is 0 Å². The molecule has 10 heavy (non-hydrogen) atoms. The summed E-state index contributed by atoms with van der Waals surface area (Å²) in [6.07, 6.45) is 2.68. The van der Waals surface area contributed by atoms with Gasteiger partial charge in [0.2, 0.25) is 0 Å². The van der Waals surface area contributed by atoms with Crippen LogP contribution in [0.3, 0.4) is 0 Å². The smallest absolute Gasteiger partial charge is 0.0286 e. The lowest BCUT2D eigenvalue weighted by molar-refractivity contribution is 0.721. The highest BCUT2D eigenvalue weighted by Gasteiger charge is 2.05. The van der Waals surface area contributed by atoms with Crippen molar-refractivity contribution in [2.24, 2.45) is 11.8 Å². The van der Waals surface area contributed by atoms with Crippen molar-refractivity contribution < 1.29 is 0 Å². The zero-order chi connectivity index (χ0) is 8.15. The minimum Gasteiger partial charge on any atom is -0.106 e. The first kappa shape index (κ1) is 10.4. The Labute approximate surface area is 67.2 Å². The first-order chi connectivity index (χ1) is 4.52. The Morgan fingerprint density at radius 1 is 1.00 bits per heavy atom. The Bertz CT molecular complexity index is 66.8. The SMILES string of the molecule is [CH2]P(CC(C)C)CC(C)C. The highest BCUT2D eigenvalue weighted by atomic mass is 31.1. The second kappa shape index (κ2) is 5.13. The Kier molecular flexibility index (Phi) is 5.35. The minimum absolute atomic E-state index is 0.0905. The third-order valence-electron chi connectivity index (χ3n) is 1.25. The Balaban J connectivity index is 3.34. The van der Waals surface area contributed by atoms with Crippen LogP contribution in [0.5, 0.6) is 0 Å². The summed E-state index contributed by atoms with van der Waals surface area (Å²) in [5, 5.41) is 0. The van der Waals surface area contributed by atoms with Crippen LogP contribution in [0.25, 0.3) is 0 Å². The van der Waals surface area contributed by atoms with Crippen LogP contribution in [-0.4, -0.2) is 12.3 Å². The molecule has 0 N–H and O–H groups in total. The summed E-state index contributed by atoms with van der Waals surface area (Å²) in [7, 11) is 0.0905. The van der Waals surface area contributed by atoms with Gasteiger partial charge in [-0.15, -0.1) is 7.92 Å². The molecule has 0 rings (SSSR count). The number of hydrogen-bond donors (Lipinski definition) is 0. The summed E-state index contributed by atoms with van der Waals surface area (Å²) in [4.78, 5) is 0. The van der Waals surface area contributed by atoms with Gasteiger partial charge in [-0.1, -0.05) is 27.7 Å². The van der Waals surface area contributed by atoms with Gasteiger partial charge in [-0.05, 0) is 30.8 Å². The fourth-order valence-electron chi connectivity index (χ4n) is 1.11. The molecule has 0 unspecified atom stereocenters. The van der Waals surface area contributed by atoms with E-state index in [4.69, 9.17) is 0 Å². The van der Waals surface area contributed by atoms with E-state index in [-0.39, 0.29) is 7.92 Å². The molecule has 0 saturated heterocycles. The summed E-state index contributed by atoms with van der Waals surface area (Å²) >= 11 is 0. The van der Waals surface area contributed by atoms with E-state index in [1.54, 1.807) is 0 Å². The molecule has 0 atom stereocenters. The molecule has 61 valence electrons. The molecular weight excluding hydrogens is 139 g/mol. The third-order valence-corrected chi connectivity index (χ3v) is 3.74. The highest BCUT2D eigenvalue weighted by molar-refractivity contribution is 7.58. The van der Waals surface area contributed by atoms with Crippen molar-refractivity contribution in [2.45, 2.75) is 27.7 Å². The van der Waals surface area contributed by atoms with E-state index in [0.717, 1.165) is 11.8 Å². The number of rotatable bonds is 4. The van der Waals surface area contributed by atoms with Gasteiger partial charge in [0, 0.05) is 0 Å². The molecule has 0 aliphatic carbocycles. The first-order valence-electron chi connectivity index (χ1n) is 4.07. The third kappa shape index (κ3) is 6.55. The van der Waals surface area contributed by atoms with Gasteiger partial charge in [-0.25, -0.2) is 0 Å². The molecule has 0 aromatic heterocycles. The predicted molar refractivity (Wildman–Crippen MR) is 51.7 cm³/mol. The minimum atomic E-state index is 0.0905. The molecule has 1 heteroatoms. The van der Waals surface area contributed by atoms with Crippen LogP contribution in [0.2, 0.25) is 0 Å². The number of hydrogen-bond acceptors (Lipinski definition) is 0. The molecule has 0 aromatic carbocycles. The predicted octanol–water partition coefficient (Wildman–Crippen LogP) is 3.57. The van der Waals surface area contributed by atoms with Gasteiger partial charge >= 0.3 is 0 Å². The molecule has 0 aliphatic rings. The van der Waals surface area contributed by atoms with E-state index in [1.807, 2.05) is 0 Å². The maximum absolute atomic E-state index is 4.18.